The summed E-state index contributed by atoms with van der Waals surface area (Å²) in [5.41, 5.74) is 5.10. The lowest BCUT2D eigenvalue weighted by atomic mass is 9.94. The lowest BCUT2D eigenvalue weighted by molar-refractivity contribution is 0.181. The van der Waals surface area contributed by atoms with Crippen LogP contribution in [0.15, 0.2) is 55.1 Å². The summed E-state index contributed by atoms with van der Waals surface area (Å²) in [6, 6.07) is 10.9. The first-order chi connectivity index (χ1) is 12.2. The van der Waals surface area contributed by atoms with Crippen molar-refractivity contribution in [3.05, 3.63) is 71.8 Å². The Hall–Kier alpha value is -2.46. The van der Waals surface area contributed by atoms with Crippen LogP contribution in [-0.4, -0.2) is 27.7 Å². The van der Waals surface area contributed by atoms with E-state index in [-0.39, 0.29) is 0 Å². The van der Waals surface area contributed by atoms with E-state index in [0.29, 0.717) is 12.0 Å². The maximum atomic E-state index is 5.85. The third-order valence-electron chi connectivity index (χ3n) is 5.28. The summed E-state index contributed by atoms with van der Waals surface area (Å²) < 4.78 is 8.15. The van der Waals surface area contributed by atoms with Gasteiger partial charge in [-0.15, -0.1) is 0 Å². The molecule has 0 saturated carbocycles. The van der Waals surface area contributed by atoms with Gasteiger partial charge in [-0.1, -0.05) is 18.2 Å². The van der Waals surface area contributed by atoms with E-state index in [2.05, 4.69) is 64.9 Å². The third-order valence-corrected chi connectivity index (χ3v) is 5.28. The van der Waals surface area contributed by atoms with Crippen molar-refractivity contribution in [2.24, 2.45) is 5.92 Å². The van der Waals surface area contributed by atoms with E-state index in [9.17, 15) is 0 Å². The summed E-state index contributed by atoms with van der Waals surface area (Å²) in [6.45, 7) is 5.85. The molecule has 1 fully saturated rings. The van der Waals surface area contributed by atoms with Crippen molar-refractivity contribution < 1.29 is 4.74 Å². The Bertz CT molecular complexity index is 857. The normalized spacial score (nSPS) is 20.1. The van der Waals surface area contributed by atoms with Crippen LogP contribution in [0.4, 0.5) is 0 Å². The van der Waals surface area contributed by atoms with E-state index in [1.165, 1.54) is 22.3 Å². The number of rotatable bonds is 4. The van der Waals surface area contributed by atoms with Crippen molar-refractivity contribution >= 4 is 0 Å². The average Bonchev–Trinajstić information content (AvgIpc) is 3.27. The van der Waals surface area contributed by atoms with Crippen molar-refractivity contribution in [3.8, 4) is 11.4 Å². The van der Waals surface area contributed by atoms with Crippen molar-refractivity contribution in [1.82, 2.24) is 14.5 Å². The number of ether oxygens (including phenoxy) is 1. The van der Waals surface area contributed by atoms with Gasteiger partial charge in [-0.3, -0.25) is 4.98 Å². The molecule has 4 heteroatoms. The van der Waals surface area contributed by atoms with Gasteiger partial charge in [-0.25, -0.2) is 4.98 Å². The van der Waals surface area contributed by atoms with E-state index >= 15 is 0 Å². The molecular weight excluding hydrogens is 310 g/mol. The molecule has 0 bridgehead atoms. The van der Waals surface area contributed by atoms with Crippen LogP contribution in [0.5, 0.6) is 0 Å². The molecule has 0 N–H and O–H groups in total. The molecule has 1 aromatic carbocycles. The molecule has 1 saturated heterocycles. The Labute approximate surface area is 148 Å². The first-order valence-corrected chi connectivity index (χ1v) is 8.80. The van der Waals surface area contributed by atoms with Gasteiger partial charge in [0, 0.05) is 36.3 Å². The van der Waals surface area contributed by atoms with E-state index < -0.39 is 0 Å². The van der Waals surface area contributed by atoms with Crippen LogP contribution in [-0.2, 0) is 11.2 Å². The molecule has 3 heterocycles. The van der Waals surface area contributed by atoms with Crippen molar-refractivity contribution in [1.29, 1.82) is 0 Å². The Kier molecular flexibility index (Phi) is 4.36. The van der Waals surface area contributed by atoms with E-state index in [1.54, 1.807) is 0 Å². The van der Waals surface area contributed by atoms with Gasteiger partial charge in [0.2, 0.25) is 0 Å². The number of benzene rings is 1. The quantitative estimate of drug-likeness (QED) is 0.725. The molecule has 0 radical (unpaired) electrons. The molecule has 0 aliphatic carbocycles. The molecule has 0 amide bonds. The van der Waals surface area contributed by atoms with Crippen LogP contribution < -0.4 is 0 Å². The Morgan fingerprint density at radius 2 is 1.92 bits per heavy atom. The summed E-state index contributed by atoms with van der Waals surface area (Å²) in [5, 5.41) is 0. The molecule has 0 spiro atoms. The van der Waals surface area contributed by atoms with Crippen molar-refractivity contribution in [2.75, 3.05) is 13.2 Å². The second kappa shape index (κ2) is 6.81. The minimum absolute atomic E-state index is 0.311. The molecule has 0 unspecified atom stereocenters. The highest BCUT2D eigenvalue weighted by Crippen LogP contribution is 2.33. The van der Waals surface area contributed by atoms with Crippen LogP contribution in [0, 0.1) is 19.8 Å². The highest BCUT2D eigenvalue weighted by atomic mass is 16.5. The maximum Gasteiger partial charge on any atom is 0.140 e. The number of aryl methyl sites for hydroxylation is 1. The zero-order chi connectivity index (χ0) is 17.2. The lowest BCUT2D eigenvalue weighted by Crippen LogP contribution is -2.20. The molecule has 25 heavy (non-hydrogen) atoms. The summed E-state index contributed by atoms with van der Waals surface area (Å²) in [5.74, 6) is 1.48. The van der Waals surface area contributed by atoms with Gasteiger partial charge in [0.05, 0.1) is 19.3 Å². The third kappa shape index (κ3) is 3.10. The first-order valence-electron chi connectivity index (χ1n) is 8.80. The molecule has 2 atom stereocenters. The van der Waals surface area contributed by atoms with Crippen LogP contribution >= 0.6 is 0 Å². The smallest absolute Gasteiger partial charge is 0.140 e. The highest BCUT2D eigenvalue weighted by molar-refractivity contribution is 5.62. The van der Waals surface area contributed by atoms with Gasteiger partial charge in [-0.05, 0) is 49.1 Å². The van der Waals surface area contributed by atoms with E-state index in [0.717, 1.165) is 25.5 Å². The minimum Gasteiger partial charge on any atom is -0.379 e. The summed E-state index contributed by atoms with van der Waals surface area (Å²) in [4.78, 5) is 8.79. The summed E-state index contributed by atoms with van der Waals surface area (Å²) >= 11 is 0. The van der Waals surface area contributed by atoms with Crippen LogP contribution in [0.25, 0.3) is 11.4 Å². The first kappa shape index (κ1) is 16.0. The van der Waals surface area contributed by atoms with Gasteiger partial charge in [0.25, 0.3) is 0 Å². The molecule has 4 rings (SSSR count). The number of pyridine rings is 1. The van der Waals surface area contributed by atoms with Gasteiger partial charge in [-0.2, -0.15) is 0 Å². The maximum absolute atomic E-state index is 5.85. The fourth-order valence-corrected chi connectivity index (χ4v) is 3.69. The summed E-state index contributed by atoms with van der Waals surface area (Å²) in [6.07, 6.45) is 8.71. The van der Waals surface area contributed by atoms with Gasteiger partial charge in [0.1, 0.15) is 5.82 Å². The molecule has 3 aromatic rings. The van der Waals surface area contributed by atoms with Gasteiger partial charge in [0.15, 0.2) is 0 Å². The summed E-state index contributed by atoms with van der Waals surface area (Å²) in [7, 11) is 0. The van der Waals surface area contributed by atoms with Crippen molar-refractivity contribution in [2.45, 2.75) is 26.3 Å². The number of hydrogen-bond acceptors (Lipinski definition) is 3. The van der Waals surface area contributed by atoms with Crippen LogP contribution in [0.2, 0.25) is 0 Å². The Balaban J connectivity index is 1.66. The Morgan fingerprint density at radius 3 is 2.76 bits per heavy atom. The van der Waals surface area contributed by atoms with Gasteiger partial charge >= 0.3 is 0 Å². The van der Waals surface area contributed by atoms with Crippen molar-refractivity contribution in [3.63, 3.8) is 0 Å². The highest BCUT2D eigenvalue weighted by Gasteiger charge is 2.31. The monoisotopic (exact) mass is 333 g/mol. The number of nitrogens with zero attached hydrogens (tertiary/aromatic N) is 3. The molecular formula is C21H23N3O. The predicted octanol–water partition coefficient (Wildman–Crippen LogP) is 3.99. The number of imidazole rings is 1. The minimum atomic E-state index is 0.311. The van der Waals surface area contributed by atoms with E-state index in [4.69, 9.17) is 4.74 Å². The number of hydrogen-bond donors (Lipinski definition) is 0. The second-order valence-corrected chi connectivity index (χ2v) is 6.83. The van der Waals surface area contributed by atoms with Gasteiger partial charge < -0.3 is 9.30 Å². The SMILES string of the molecule is Cc1cccc(-c2nccn2[C@@H]2COC[C@@H]2Cc2ccncc2)c1C. The zero-order valence-electron chi connectivity index (χ0n) is 14.7. The van der Waals surface area contributed by atoms with Crippen LogP contribution in [0.3, 0.4) is 0 Å². The fourth-order valence-electron chi connectivity index (χ4n) is 3.69. The van der Waals surface area contributed by atoms with Crippen LogP contribution in [0.1, 0.15) is 22.7 Å². The van der Waals surface area contributed by atoms with E-state index in [1.807, 2.05) is 18.6 Å². The zero-order valence-corrected chi connectivity index (χ0v) is 14.7. The topological polar surface area (TPSA) is 39.9 Å². The largest absolute Gasteiger partial charge is 0.379 e. The Morgan fingerprint density at radius 1 is 1.08 bits per heavy atom. The molecule has 1 aliphatic rings. The predicted molar refractivity (Wildman–Crippen MR) is 98.4 cm³/mol. The average molecular weight is 333 g/mol. The molecule has 128 valence electrons. The second-order valence-electron chi connectivity index (χ2n) is 6.83. The lowest BCUT2D eigenvalue weighted by Gasteiger charge is -2.22. The molecule has 2 aromatic heterocycles. The fraction of sp³-hybridized carbons (Fsp3) is 0.333. The number of aromatic nitrogens is 3. The standard InChI is InChI=1S/C21H23N3O/c1-15-4-3-5-19(16(15)2)21-23-10-11-24(21)20-14-25-13-18(20)12-17-6-8-22-9-7-17/h3-11,18,20H,12-14H2,1-2H3/t18-,20+/m0/s1. The molecule has 1 aliphatic heterocycles. The molecule has 4 nitrogen and oxygen atoms in total.